The summed E-state index contributed by atoms with van der Waals surface area (Å²) < 4.78 is 0. The van der Waals surface area contributed by atoms with Gasteiger partial charge in [-0.3, -0.25) is 14.5 Å². The highest BCUT2D eigenvalue weighted by Crippen LogP contribution is 2.21. The molecule has 2 amide bonds. The normalized spacial score (nSPS) is 11.8. The molecule has 0 spiro atoms. The van der Waals surface area contributed by atoms with Gasteiger partial charge in [0.25, 0.3) is 0 Å². The van der Waals surface area contributed by atoms with Crippen LogP contribution in [-0.2, 0) is 9.59 Å². The predicted molar refractivity (Wildman–Crippen MR) is 105 cm³/mol. The van der Waals surface area contributed by atoms with Gasteiger partial charge in [0, 0.05) is 11.4 Å². The van der Waals surface area contributed by atoms with Crippen LogP contribution < -0.4 is 16.0 Å². The molecule has 132 valence electrons. The van der Waals surface area contributed by atoms with Gasteiger partial charge in [0.2, 0.25) is 11.8 Å². The SMILES string of the molecule is C[C@@H](C(=O)Nc1ccc2ccccc2c1)N(C(=O)CN)c1ccccc1. The third-order valence-corrected chi connectivity index (χ3v) is 4.26. The third kappa shape index (κ3) is 3.73. The molecule has 5 heteroatoms. The molecule has 0 aliphatic heterocycles. The molecule has 0 bridgehead atoms. The van der Waals surface area contributed by atoms with Crippen LogP contribution in [0.4, 0.5) is 11.4 Å². The van der Waals surface area contributed by atoms with Crippen molar-refractivity contribution < 1.29 is 9.59 Å². The fraction of sp³-hybridized carbons (Fsp3) is 0.143. The van der Waals surface area contributed by atoms with Crippen molar-refractivity contribution in [3.05, 3.63) is 72.8 Å². The zero-order chi connectivity index (χ0) is 18.5. The Bertz CT molecular complexity index is 925. The fourth-order valence-electron chi connectivity index (χ4n) is 2.90. The Morgan fingerprint density at radius 3 is 2.31 bits per heavy atom. The average molecular weight is 347 g/mol. The van der Waals surface area contributed by atoms with Crippen molar-refractivity contribution in [1.82, 2.24) is 0 Å². The van der Waals surface area contributed by atoms with Gasteiger partial charge in [-0.05, 0) is 42.0 Å². The quantitative estimate of drug-likeness (QED) is 0.744. The summed E-state index contributed by atoms with van der Waals surface area (Å²) >= 11 is 0. The molecule has 0 aliphatic carbocycles. The molecule has 26 heavy (non-hydrogen) atoms. The van der Waals surface area contributed by atoms with E-state index in [9.17, 15) is 9.59 Å². The number of carbonyl (C=O) groups is 2. The first-order valence-corrected chi connectivity index (χ1v) is 8.47. The van der Waals surface area contributed by atoms with Crippen LogP contribution in [0.5, 0.6) is 0 Å². The number of para-hydroxylation sites is 1. The van der Waals surface area contributed by atoms with Crippen molar-refractivity contribution >= 4 is 34.0 Å². The molecule has 3 aromatic carbocycles. The zero-order valence-electron chi connectivity index (χ0n) is 14.6. The summed E-state index contributed by atoms with van der Waals surface area (Å²) in [6.45, 7) is 1.53. The van der Waals surface area contributed by atoms with Gasteiger partial charge in [0.1, 0.15) is 6.04 Å². The van der Waals surface area contributed by atoms with Crippen LogP contribution in [0.3, 0.4) is 0 Å². The van der Waals surface area contributed by atoms with Crippen LogP contribution in [0, 0.1) is 0 Å². The highest BCUT2D eigenvalue weighted by atomic mass is 16.2. The predicted octanol–water partition coefficient (Wildman–Crippen LogP) is 3.16. The summed E-state index contributed by atoms with van der Waals surface area (Å²) in [5.41, 5.74) is 6.87. The summed E-state index contributed by atoms with van der Waals surface area (Å²) in [7, 11) is 0. The van der Waals surface area contributed by atoms with E-state index >= 15 is 0 Å². The Morgan fingerprint density at radius 2 is 1.62 bits per heavy atom. The minimum atomic E-state index is -0.695. The first kappa shape index (κ1) is 17.6. The number of rotatable bonds is 5. The van der Waals surface area contributed by atoms with E-state index in [1.165, 1.54) is 4.90 Å². The van der Waals surface area contributed by atoms with Crippen molar-refractivity contribution in [2.24, 2.45) is 5.73 Å². The molecular formula is C21H21N3O2. The van der Waals surface area contributed by atoms with E-state index in [0.29, 0.717) is 11.4 Å². The van der Waals surface area contributed by atoms with Crippen LogP contribution in [0.15, 0.2) is 72.8 Å². The fourth-order valence-corrected chi connectivity index (χ4v) is 2.90. The smallest absolute Gasteiger partial charge is 0.247 e. The van der Waals surface area contributed by atoms with Crippen molar-refractivity contribution in [1.29, 1.82) is 0 Å². The summed E-state index contributed by atoms with van der Waals surface area (Å²) in [5, 5.41) is 5.03. The van der Waals surface area contributed by atoms with Gasteiger partial charge in [0.15, 0.2) is 0 Å². The van der Waals surface area contributed by atoms with Gasteiger partial charge >= 0.3 is 0 Å². The maximum atomic E-state index is 12.7. The van der Waals surface area contributed by atoms with Crippen LogP contribution >= 0.6 is 0 Å². The lowest BCUT2D eigenvalue weighted by atomic mass is 10.1. The Labute approximate surface area is 152 Å². The Morgan fingerprint density at radius 1 is 0.962 bits per heavy atom. The highest BCUT2D eigenvalue weighted by Gasteiger charge is 2.26. The summed E-state index contributed by atoms with van der Waals surface area (Å²) in [6.07, 6.45) is 0. The molecule has 0 aromatic heterocycles. The molecule has 3 N–H and O–H groups in total. The zero-order valence-corrected chi connectivity index (χ0v) is 14.6. The molecule has 3 aromatic rings. The van der Waals surface area contributed by atoms with Crippen LogP contribution in [0.2, 0.25) is 0 Å². The van der Waals surface area contributed by atoms with Gasteiger partial charge in [-0.25, -0.2) is 0 Å². The first-order chi connectivity index (χ1) is 12.6. The lowest BCUT2D eigenvalue weighted by Gasteiger charge is -2.28. The molecular weight excluding hydrogens is 326 g/mol. The van der Waals surface area contributed by atoms with Gasteiger partial charge in [-0.1, -0.05) is 48.5 Å². The molecule has 0 saturated heterocycles. The van der Waals surface area contributed by atoms with Crippen molar-refractivity contribution in [3.63, 3.8) is 0 Å². The number of amides is 2. The molecule has 0 unspecified atom stereocenters. The number of nitrogens with zero attached hydrogens (tertiary/aromatic N) is 1. The van der Waals surface area contributed by atoms with Crippen LogP contribution in [0.1, 0.15) is 6.92 Å². The lowest BCUT2D eigenvalue weighted by molar-refractivity contribution is -0.122. The summed E-state index contributed by atoms with van der Waals surface area (Å²) in [4.78, 5) is 26.5. The van der Waals surface area contributed by atoms with Gasteiger partial charge in [-0.15, -0.1) is 0 Å². The number of hydrogen-bond donors (Lipinski definition) is 2. The molecule has 0 fully saturated rings. The van der Waals surface area contributed by atoms with E-state index in [0.717, 1.165) is 10.8 Å². The van der Waals surface area contributed by atoms with Gasteiger partial charge in [-0.2, -0.15) is 0 Å². The van der Waals surface area contributed by atoms with Crippen LogP contribution in [0.25, 0.3) is 10.8 Å². The number of fused-ring (bicyclic) bond motifs is 1. The monoisotopic (exact) mass is 347 g/mol. The molecule has 0 saturated carbocycles. The number of hydrogen-bond acceptors (Lipinski definition) is 3. The second-order valence-electron chi connectivity index (χ2n) is 6.03. The van der Waals surface area contributed by atoms with Crippen LogP contribution in [-0.4, -0.2) is 24.4 Å². The maximum absolute atomic E-state index is 12.7. The highest BCUT2D eigenvalue weighted by molar-refractivity contribution is 6.05. The molecule has 5 nitrogen and oxygen atoms in total. The number of anilines is 2. The van der Waals surface area contributed by atoms with Crippen molar-refractivity contribution in [2.45, 2.75) is 13.0 Å². The van der Waals surface area contributed by atoms with E-state index in [2.05, 4.69) is 5.32 Å². The van der Waals surface area contributed by atoms with E-state index in [-0.39, 0.29) is 18.4 Å². The first-order valence-electron chi connectivity index (χ1n) is 8.47. The molecule has 0 radical (unpaired) electrons. The maximum Gasteiger partial charge on any atom is 0.247 e. The topological polar surface area (TPSA) is 75.4 Å². The molecule has 0 aliphatic rings. The molecule has 0 heterocycles. The average Bonchev–Trinajstić information content (AvgIpc) is 2.68. The standard InChI is InChI=1S/C21H21N3O2/c1-15(24(20(25)14-22)19-9-3-2-4-10-19)21(26)23-18-12-11-16-7-5-6-8-17(16)13-18/h2-13,15H,14,22H2,1H3,(H,23,26)/t15-/m0/s1. The Balaban J connectivity index is 1.83. The minimum Gasteiger partial charge on any atom is -0.324 e. The lowest BCUT2D eigenvalue weighted by Crippen LogP contribution is -2.48. The third-order valence-electron chi connectivity index (χ3n) is 4.26. The van der Waals surface area contributed by atoms with E-state index in [1.54, 1.807) is 19.1 Å². The number of benzene rings is 3. The number of carbonyl (C=O) groups excluding carboxylic acids is 2. The minimum absolute atomic E-state index is 0.164. The van der Waals surface area contributed by atoms with Gasteiger partial charge < -0.3 is 11.1 Å². The van der Waals surface area contributed by atoms with Gasteiger partial charge in [0.05, 0.1) is 6.54 Å². The molecule has 3 rings (SSSR count). The number of nitrogens with two attached hydrogens (primary N) is 1. The van der Waals surface area contributed by atoms with E-state index < -0.39 is 6.04 Å². The van der Waals surface area contributed by atoms with E-state index in [4.69, 9.17) is 5.73 Å². The summed E-state index contributed by atoms with van der Waals surface area (Å²) in [6, 6.07) is 22.0. The van der Waals surface area contributed by atoms with Crippen molar-refractivity contribution in [3.8, 4) is 0 Å². The second kappa shape index (κ2) is 7.80. The largest absolute Gasteiger partial charge is 0.324 e. The second-order valence-corrected chi connectivity index (χ2v) is 6.03. The Hall–Kier alpha value is -3.18. The van der Waals surface area contributed by atoms with E-state index in [1.807, 2.05) is 60.7 Å². The van der Waals surface area contributed by atoms with Crippen molar-refractivity contribution in [2.75, 3.05) is 16.8 Å². The number of nitrogens with one attached hydrogen (secondary N) is 1. The molecule has 1 atom stereocenters. The Kier molecular flexibility index (Phi) is 5.29. The summed E-state index contributed by atoms with van der Waals surface area (Å²) in [5.74, 6) is -0.580.